The summed E-state index contributed by atoms with van der Waals surface area (Å²) >= 11 is 0. The number of carbonyl (C=O) groups excluding carboxylic acids is 1. The lowest BCUT2D eigenvalue weighted by Crippen LogP contribution is -2.43. The van der Waals surface area contributed by atoms with E-state index in [2.05, 4.69) is 30.4 Å². The van der Waals surface area contributed by atoms with Gasteiger partial charge in [-0.25, -0.2) is 0 Å². The molecule has 0 spiro atoms. The molecule has 0 aromatic heterocycles. The van der Waals surface area contributed by atoms with Crippen LogP contribution < -0.4 is 10.2 Å². The van der Waals surface area contributed by atoms with Crippen LogP contribution in [0.5, 0.6) is 0 Å². The van der Waals surface area contributed by atoms with Gasteiger partial charge in [0.15, 0.2) is 0 Å². The van der Waals surface area contributed by atoms with Gasteiger partial charge in [-0.1, -0.05) is 42.5 Å². The van der Waals surface area contributed by atoms with Crippen molar-refractivity contribution in [3.8, 4) is 0 Å². The highest BCUT2D eigenvalue weighted by Crippen LogP contribution is 2.38. The lowest BCUT2D eigenvalue weighted by atomic mass is 9.91. The molecule has 3 nitrogen and oxygen atoms in total. The van der Waals surface area contributed by atoms with Crippen molar-refractivity contribution < 1.29 is 4.79 Å². The second-order valence-corrected chi connectivity index (χ2v) is 5.91. The van der Waals surface area contributed by atoms with E-state index >= 15 is 0 Å². The third-order valence-electron chi connectivity index (χ3n) is 4.25. The number of hydrogen-bond acceptors (Lipinski definition) is 2. The molecule has 0 aliphatic carbocycles. The second-order valence-electron chi connectivity index (χ2n) is 5.91. The van der Waals surface area contributed by atoms with Crippen molar-refractivity contribution >= 4 is 17.3 Å². The first-order chi connectivity index (χ1) is 11.2. The van der Waals surface area contributed by atoms with Crippen LogP contribution >= 0.6 is 0 Å². The predicted octanol–water partition coefficient (Wildman–Crippen LogP) is 4.54. The Labute approximate surface area is 137 Å². The first-order valence-electron chi connectivity index (χ1n) is 8.07. The van der Waals surface area contributed by atoms with E-state index in [-0.39, 0.29) is 18.0 Å². The number of para-hydroxylation sites is 2. The Balaban J connectivity index is 1.95. The number of nitrogens with zero attached hydrogens (tertiary/aromatic N) is 1. The van der Waals surface area contributed by atoms with Crippen LogP contribution in [0.2, 0.25) is 0 Å². The normalized spacial score (nSPS) is 20.3. The largest absolute Gasteiger partial charge is 0.378 e. The first kappa shape index (κ1) is 15.3. The maximum absolute atomic E-state index is 12.5. The number of allylic oxidation sites excluding steroid dienone is 1. The number of fused-ring (bicyclic) bond motifs is 1. The van der Waals surface area contributed by atoms with Crippen LogP contribution in [0.3, 0.4) is 0 Å². The zero-order valence-electron chi connectivity index (χ0n) is 13.6. The van der Waals surface area contributed by atoms with Crippen LogP contribution in [0.4, 0.5) is 11.4 Å². The lowest BCUT2D eigenvalue weighted by Gasteiger charge is -2.39. The Morgan fingerprint density at radius 1 is 1.13 bits per heavy atom. The van der Waals surface area contributed by atoms with Gasteiger partial charge in [0.25, 0.3) is 5.91 Å². The summed E-state index contributed by atoms with van der Waals surface area (Å²) in [6.07, 6.45) is 4.32. The van der Waals surface area contributed by atoms with Gasteiger partial charge < -0.3 is 10.2 Å². The van der Waals surface area contributed by atoms with Gasteiger partial charge >= 0.3 is 0 Å². The first-order valence-corrected chi connectivity index (χ1v) is 8.07. The summed E-state index contributed by atoms with van der Waals surface area (Å²) in [7, 11) is 0. The third-order valence-corrected chi connectivity index (χ3v) is 4.25. The average Bonchev–Trinajstić information content (AvgIpc) is 2.56. The van der Waals surface area contributed by atoms with Crippen molar-refractivity contribution in [2.24, 2.45) is 0 Å². The topological polar surface area (TPSA) is 32.3 Å². The van der Waals surface area contributed by atoms with Crippen molar-refractivity contribution in [3.63, 3.8) is 0 Å². The third kappa shape index (κ3) is 3.14. The fourth-order valence-corrected chi connectivity index (χ4v) is 3.24. The lowest BCUT2D eigenvalue weighted by molar-refractivity contribution is -0.114. The molecule has 0 saturated carbocycles. The zero-order chi connectivity index (χ0) is 16.2. The number of anilines is 2. The molecule has 0 saturated heterocycles. The van der Waals surface area contributed by atoms with Gasteiger partial charge in [0.1, 0.15) is 0 Å². The molecule has 2 aromatic carbocycles. The van der Waals surface area contributed by atoms with E-state index < -0.39 is 0 Å². The Hall–Kier alpha value is -2.55. The summed E-state index contributed by atoms with van der Waals surface area (Å²) in [6.45, 7) is 3.98. The summed E-state index contributed by atoms with van der Waals surface area (Å²) in [5.41, 5.74) is 3.28. The van der Waals surface area contributed by atoms with Crippen LogP contribution in [0, 0.1) is 0 Å². The van der Waals surface area contributed by atoms with Crippen LogP contribution in [0.15, 0.2) is 66.7 Å². The molecule has 0 bridgehead atoms. The SMILES string of the molecule is C/C=C/C(=O)N1c2ccccc2[C@@H](Nc2ccccc2)C[C@H]1C. The minimum absolute atomic E-state index is 0.0469. The molecule has 2 aromatic rings. The highest BCUT2D eigenvalue weighted by Gasteiger charge is 2.32. The van der Waals surface area contributed by atoms with E-state index in [0.717, 1.165) is 17.8 Å². The van der Waals surface area contributed by atoms with Crippen LogP contribution in [0.1, 0.15) is 31.9 Å². The van der Waals surface area contributed by atoms with Crippen LogP contribution in [-0.4, -0.2) is 11.9 Å². The average molecular weight is 306 g/mol. The van der Waals surface area contributed by atoms with E-state index in [1.807, 2.05) is 48.2 Å². The minimum Gasteiger partial charge on any atom is -0.378 e. The summed E-state index contributed by atoms with van der Waals surface area (Å²) in [5.74, 6) is 0.0469. The van der Waals surface area contributed by atoms with Crippen molar-refractivity contribution in [1.29, 1.82) is 0 Å². The molecule has 1 aliphatic rings. The van der Waals surface area contributed by atoms with E-state index in [9.17, 15) is 4.79 Å². The van der Waals surface area contributed by atoms with Gasteiger partial charge in [0.05, 0.1) is 6.04 Å². The maximum atomic E-state index is 12.5. The van der Waals surface area contributed by atoms with E-state index in [1.54, 1.807) is 12.2 Å². The van der Waals surface area contributed by atoms with Gasteiger partial charge in [-0.05, 0) is 50.1 Å². The Bertz CT molecular complexity index is 709. The summed E-state index contributed by atoms with van der Waals surface area (Å²) in [6, 6.07) is 18.7. The summed E-state index contributed by atoms with van der Waals surface area (Å²) in [4.78, 5) is 14.4. The molecule has 1 N–H and O–H groups in total. The van der Waals surface area contributed by atoms with E-state index in [0.29, 0.717) is 0 Å². The Morgan fingerprint density at radius 2 is 1.83 bits per heavy atom. The Morgan fingerprint density at radius 3 is 2.57 bits per heavy atom. The monoisotopic (exact) mass is 306 g/mol. The molecule has 2 atom stereocenters. The molecule has 1 heterocycles. The molecule has 1 aliphatic heterocycles. The molecule has 1 amide bonds. The van der Waals surface area contributed by atoms with Gasteiger partial charge in [-0.3, -0.25) is 4.79 Å². The van der Waals surface area contributed by atoms with Crippen LogP contribution in [-0.2, 0) is 4.79 Å². The number of benzene rings is 2. The van der Waals surface area contributed by atoms with Crippen molar-refractivity contribution in [2.75, 3.05) is 10.2 Å². The number of carbonyl (C=O) groups is 1. The fraction of sp³-hybridized carbons (Fsp3) is 0.250. The number of amides is 1. The number of rotatable bonds is 3. The van der Waals surface area contributed by atoms with Gasteiger partial charge in [-0.15, -0.1) is 0 Å². The summed E-state index contributed by atoms with van der Waals surface area (Å²) < 4.78 is 0. The molecule has 118 valence electrons. The quantitative estimate of drug-likeness (QED) is 0.844. The molecule has 3 heteroatoms. The van der Waals surface area contributed by atoms with Crippen LogP contribution in [0.25, 0.3) is 0 Å². The van der Waals surface area contributed by atoms with Gasteiger partial charge in [0.2, 0.25) is 0 Å². The highest BCUT2D eigenvalue weighted by atomic mass is 16.2. The molecular weight excluding hydrogens is 284 g/mol. The van der Waals surface area contributed by atoms with E-state index in [1.165, 1.54) is 5.56 Å². The Kier molecular flexibility index (Phi) is 4.47. The van der Waals surface area contributed by atoms with Crippen molar-refractivity contribution in [3.05, 3.63) is 72.3 Å². The smallest absolute Gasteiger partial charge is 0.250 e. The predicted molar refractivity (Wildman–Crippen MR) is 95.6 cm³/mol. The maximum Gasteiger partial charge on any atom is 0.250 e. The summed E-state index contributed by atoms with van der Waals surface area (Å²) in [5, 5.41) is 3.60. The molecule has 23 heavy (non-hydrogen) atoms. The molecule has 0 unspecified atom stereocenters. The molecule has 0 radical (unpaired) electrons. The molecule has 0 fully saturated rings. The number of hydrogen-bond donors (Lipinski definition) is 1. The highest BCUT2D eigenvalue weighted by molar-refractivity contribution is 6.02. The van der Waals surface area contributed by atoms with Crippen molar-refractivity contribution in [2.45, 2.75) is 32.4 Å². The van der Waals surface area contributed by atoms with Gasteiger partial charge in [0, 0.05) is 17.4 Å². The second kappa shape index (κ2) is 6.69. The number of nitrogens with one attached hydrogen (secondary N) is 1. The van der Waals surface area contributed by atoms with E-state index in [4.69, 9.17) is 0 Å². The molecule has 3 rings (SSSR count). The fourth-order valence-electron chi connectivity index (χ4n) is 3.24. The molecular formula is C20H22N2O. The van der Waals surface area contributed by atoms with Gasteiger partial charge in [-0.2, -0.15) is 0 Å². The van der Waals surface area contributed by atoms with Crippen molar-refractivity contribution in [1.82, 2.24) is 0 Å². The zero-order valence-corrected chi connectivity index (χ0v) is 13.6. The standard InChI is InChI=1S/C20H22N2O/c1-3-9-20(23)22-15(2)14-18(17-12-7-8-13-19(17)22)21-16-10-5-4-6-11-16/h3-13,15,18,21H,14H2,1-2H3/b9-3+/t15-,18+/m1/s1. The minimum atomic E-state index is 0.0469.